The number of hydrogen-bond donors (Lipinski definition) is 1. The van der Waals surface area contributed by atoms with Crippen LogP contribution in [0.15, 0.2) is 29.4 Å². The van der Waals surface area contributed by atoms with Crippen LogP contribution in [0.5, 0.6) is 0 Å². The number of aromatic nitrogens is 3. The van der Waals surface area contributed by atoms with Crippen LogP contribution in [-0.2, 0) is 17.1 Å². The van der Waals surface area contributed by atoms with Crippen LogP contribution in [0.3, 0.4) is 0 Å². The van der Waals surface area contributed by atoms with Crippen molar-refractivity contribution in [2.24, 2.45) is 7.05 Å². The van der Waals surface area contributed by atoms with Crippen LogP contribution in [0.1, 0.15) is 89.9 Å². The average Bonchev–Trinajstić information content (AvgIpc) is 3.44. The molecular weight excluding hydrogens is 441 g/mol. The minimum absolute atomic E-state index is 0.0202. The van der Waals surface area contributed by atoms with Gasteiger partial charge in [-0.05, 0) is 43.9 Å². The van der Waals surface area contributed by atoms with E-state index < -0.39 is 15.8 Å². The van der Waals surface area contributed by atoms with Crippen molar-refractivity contribution in [2.45, 2.75) is 95.0 Å². The Morgan fingerprint density at radius 1 is 1.15 bits per heavy atom. The highest BCUT2D eigenvalue weighted by molar-refractivity contribution is 7.89. The molecule has 0 radical (unpaired) electrons. The highest BCUT2D eigenvalue weighted by atomic mass is 32.2. The molecule has 3 rings (SSSR count). The number of rotatable bonds is 13. The number of benzene rings is 1. The van der Waals surface area contributed by atoms with Gasteiger partial charge >= 0.3 is 0 Å². The molecule has 1 saturated heterocycles. The van der Waals surface area contributed by atoms with Gasteiger partial charge in [0.25, 0.3) is 0 Å². The lowest BCUT2D eigenvalue weighted by Gasteiger charge is -2.24. The van der Waals surface area contributed by atoms with E-state index in [-0.39, 0.29) is 17.0 Å². The van der Waals surface area contributed by atoms with E-state index >= 15 is 4.39 Å². The molecule has 1 aliphatic rings. The summed E-state index contributed by atoms with van der Waals surface area (Å²) in [7, 11) is -2.05. The van der Waals surface area contributed by atoms with Crippen LogP contribution in [0.25, 0.3) is 0 Å². The summed E-state index contributed by atoms with van der Waals surface area (Å²) in [6.45, 7) is 4.74. The Morgan fingerprint density at radius 3 is 2.42 bits per heavy atom. The molecule has 2 heterocycles. The van der Waals surface area contributed by atoms with E-state index in [1.807, 2.05) is 0 Å². The maximum Gasteiger partial charge on any atom is 0.243 e. The van der Waals surface area contributed by atoms with E-state index in [0.29, 0.717) is 24.5 Å². The number of unbranched alkanes of at least 4 members (excludes halogenated alkanes) is 4. The molecule has 1 aromatic carbocycles. The van der Waals surface area contributed by atoms with E-state index in [0.717, 1.165) is 63.9 Å². The molecule has 0 unspecified atom stereocenters. The maximum atomic E-state index is 15.1. The minimum atomic E-state index is -3.85. The van der Waals surface area contributed by atoms with Crippen molar-refractivity contribution in [3.8, 4) is 0 Å². The second-order valence-electron chi connectivity index (χ2n) is 9.05. The zero-order valence-electron chi connectivity index (χ0n) is 20.1. The van der Waals surface area contributed by atoms with Gasteiger partial charge in [-0.25, -0.2) is 12.8 Å². The standard InChI is InChI=1S/C24H38FN5O2S/c1-4-6-8-11-19(12-9-7-5-2)27-22-15-14-20(17-21(22)25)33(31,32)30-16-10-13-23(30)24-28-26-18-29(24)3/h14-15,17-19,23,27H,4-13,16H2,1-3H3/t23-/m1/s1. The number of sulfonamides is 1. The van der Waals surface area contributed by atoms with Crippen LogP contribution in [0.2, 0.25) is 0 Å². The van der Waals surface area contributed by atoms with Crippen molar-refractivity contribution >= 4 is 15.7 Å². The van der Waals surface area contributed by atoms with Gasteiger partial charge in [0.15, 0.2) is 5.82 Å². The van der Waals surface area contributed by atoms with Crippen molar-refractivity contribution in [3.63, 3.8) is 0 Å². The van der Waals surface area contributed by atoms with Gasteiger partial charge in [-0.3, -0.25) is 0 Å². The molecular formula is C24H38FN5O2S. The summed E-state index contributed by atoms with van der Waals surface area (Å²) in [6, 6.07) is 4.05. The molecule has 1 aromatic heterocycles. The normalized spacial score (nSPS) is 17.2. The van der Waals surface area contributed by atoms with Gasteiger partial charge in [0.2, 0.25) is 10.0 Å². The molecule has 1 N–H and O–H groups in total. The molecule has 1 aliphatic heterocycles. The minimum Gasteiger partial charge on any atom is -0.380 e. The number of nitrogens with one attached hydrogen (secondary N) is 1. The molecule has 0 saturated carbocycles. The first-order chi connectivity index (χ1) is 15.9. The van der Waals surface area contributed by atoms with Gasteiger partial charge in [0, 0.05) is 19.6 Å². The second-order valence-corrected chi connectivity index (χ2v) is 10.9. The first kappa shape index (κ1) is 25.6. The molecule has 7 nitrogen and oxygen atoms in total. The summed E-state index contributed by atoms with van der Waals surface area (Å²) in [5.74, 6) is 0.0818. The number of halogens is 1. The highest BCUT2D eigenvalue weighted by Crippen LogP contribution is 2.36. The first-order valence-electron chi connectivity index (χ1n) is 12.3. The zero-order chi connectivity index (χ0) is 23.8. The summed E-state index contributed by atoms with van der Waals surface area (Å²) >= 11 is 0. The number of hydrogen-bond acceptors (Lipinski definition) is 5. The Kier molecular flexibility index (Phi) is 9.26. The van der Waals surface area contributed by atoms with Gasteiger partial charge < -0.3 is 9.88 Å². The molecule has 0 aliphatic carbocycles. The number of nitrogens with zero attached hydrogens (tertiary/aromatic N) is 4. The van der Waals surface area contributed by atoms with E-state index in [1.165, 1.54) is 10.4 Å². The molecule has 2 aromatic rings. The smallest absolute Gasteiger partial charge is 0.243 e. The summed E-state index contributed by atoms with van der Waals surface area (Å²) in [5, 5.41) is 11.3. The SMILES string of the molecule is CCCCCC(CCCCC)Nc1ccc(S(=O)(=O)N2CCC[C@@H]2c2nncn2C)cc1F. The van der Waals surface area contributed by atoms with Gasteiger partial charge in [0.1, 0.15) is 12.1 Å². The van der Waals surface area contributed by atoms with Crippen LogP contribution < -0.4 is 5.32 Å². The molecule has 1 atom stereocenters. The second kappa shape index (κ2) is 11.9. The monoisotopic (exact) mass is 479 g/mol. The number of aryl methyl sites for hydroxylation is 1. The molecule has 9 heteroatoms. The lowest BCUT2D eigenvalue weighted by atomic mass is 10.0. The Balaban J connectivity index is 1.76. The van der Waals surface area contributed by atoms with E-state index in [9.17, 15) is 8.42 Å². The maximum absolute atomic E-state index is 15.1. The molecule has 1 fully saturated rings. The van der Waals surface area contributed by atoms with E-state index in [2.05, 4.69) is 29.4 Å². The fourth-order valence-corrected chi connectivity index (χ4v) is 6.25. The predicted molar refractivity (Wildman–Crippen MR) is 129 cm³/mol. The summed E-state index contributed by atoms with van der Waals surface area (Å²) in [5.41, 5.74) is 0.373. The fraction of sp³-hybridized carbons (Fsp3) is 0.667. The van der Waals surface area contributed by atoms with Gasteiger partial charge in [-0.2, -0.15) is 4.31 Å². The Bertz CT molecular complexity index is 984. The molecule has 0 bridgehead atoms. The third-order valence-corrected chi connectivity index (χ3v) is 8.37. The molecule has 0 spiro atoms. The Labute approximate surface area is 197 Å². The predicted octanol–water partition coefficient (Wildman–Crippen LogP) is 5.42. The van der Waals surface area contributed by atoms with Crippen LogP contribution >= 0.6 is 0 Å². The van der Waals surface area contributed by atoms with Crippen LogP contribution in [0.4, 0.5) is 10.1 Å². The van der Waals surface area contributed by atoms with Crippen LogP contribution in [0, 0.1) is 5.82 Å². The fourth-order valence-electron chi connectivity index (χ4n) is 4.58. The van der Waals surface area contributed by atoms with Crippen molar-refractivity contribution < 1.29 is 12.8 Å². The lowest BCUT2D eigenvalue weighted by molar-refractivity contribution is 0.376. The quantitative estimate of drug-likeness (QED) is 0.388. The highest BCUT2D eigenvalue weighted by Gasteiger charge is 2.38. The molecule has 0 amide bonds. The molecule has 33 heavy (non-hydrogen) atoms. The first-order valence-corrected chi connectivity index (χ1v) is 13.7. The van der Waals surface area contributed by atoms with Crippen molar-refractivity contribution in [2.75, 3.05) is 11.9 Å². The van der Waals surface area contributed by atoms with E-state index in [1.54, 1.807) is 24.0 Å². The van der Waals surface area contributed by atoms with Gasteiger partial charge in [-0.15, -0.1) is 10.2 Å². The average molecular weight is 480 g/mol. The molecule has 184 valence electrons. The van der Waals surface area contributed by atoms with E-state index in [4.69, 9.17) is 0 Å². The third kappa shape index (κ3) is 6.32. The van der Waals surface area contributed by atoms with Crippen molar-refractivity contribution in [1.82, 2.24) is 19.1 Å². The lowest BCUT2D eigenvalue weighted by Crippen LogP contribution is -2.32. The summed E-state index contributed by atoms with van der Waals surface area (Å²) < 4.78 is 45.0. The Morgan fingerprint density at radius 2 is 1.85 bits per heavy atom. The van der Waals surface area contributed by atoms with Crippen LogP contribution in [-0.4, -0.2) is 40.1 Å². The third-order valence-electron chi connectivity index (χ3n) is 6.47. The van der Waals surface area contributed by atoms with Crippen molar-refractivity contribution in [1.29, 1.82) is 0 Å². The van der Waals surface area contributed by atoms with Gasteiger partial charge in [-0.1, -0.05) is 52.4 Å². The summed E-state index contributed by atoms with van der Waals surface area (Å²) in [4.78, 5) is -0.0202. The topological polar surface area (TPSA) is 80.1 Å². The summed E-state index contributed by atoms with van der Waals surface area (Å²) in [6.07, 6.45) is 11.8. The van der Waals surface area contributed by atoms with Crippen molar-refractivity contribution in [3.05, 3.63) is 36.2 Å². The number of anilines is 1. The zero-order valence-corrected chi connectivity index (χ0v) is 21.0. The van der Waals surface area contributed by atoms with Gasteiger partial charge in [0.05, 0.1) is 16.6 Å². The Hall–Kier alpha value is -2.00. The largest absolute Gasteiger partial charge is 0.380 e.